The van der Waals surface area contributed by atoms with Crippen molar-refractivity contribution in [3.63, 3.8) is 0 Å². The van der Waals surface area contributed by atoms with Gasteiger partial charge in [0.05, 0.1) is 11.4 Å². The minimum absolute atomic E-state index is 0.0149. The molecule has 8 heteroatoms. The van der Waals surface area contributed by atoms with Crippen molar-refractivity contribution in [2.75, 3.05) is 12.3 Å². The highest BCUT2D eigenvalue weighted by molar-refractivity contribution is 6.00. The third kappa shape index (κ3) is 4.98. The number of benzene rings is 2. The number of rotatable bonds is 5. The maximum Gasteiger partial charge on any atom is 0.410 e. The fourth-order valence-corrected chi connectivity index (χ4v) is 4.65. The van der Waals surface area contributed by atoms with E-state index in [1.165, 1.54) is 6.33 Å². The Labute approximate surface area is 210 Å². The second kappa shape index (κ2) is 9.53. The van der Waals surface area contributed by atoms with Crippen LogP contribution >= 0.6 is 0 Å². The van der Waals surface area contributed by atoms with Gasteiger partial charge < -0.3 is 24.7 Å². The second-order valence-corrected chi connectivity index (χ2v) is 10.1. The smallest absolute Gasteiger partial charge is 0.410 e. The number of nitrogens with zero attached hydrogens (tertiary/aromatic N) is 4. The summed E-state index contributed by atoms with van der Waals surface area (Å²) in [5.74, 6) is 1.95. The maximum absolute atomic E-state index is 12.8. The van der Waals surface area contributed by atoms with E-state index in [1.807, 2.05) is 86.5 Å². The number of likely N-dealkylation sites (tertiary alicyclic amines) is 1. The van der Waals surface area contributed by atoms with Gasteiger partial charge in [-0.05, 0) is 63.4 Å². The molecule has 1 atom stereocenters. The molecule has 5 rings (SSSR count). The average molecular weight is 486 g/mol. The molecule has 186 valence electrons. The first kappa shape index (κ1) is 23.7. The summed E-state index contributed by atoms with van der Waals surface area (Å²) in [6, 6.07) is 17.6. The number of carbonyl (C=O) groups excluding carboxylic acids is 1. The number of hydrogen-bond acceptors (Lipinski definition) is 6. The molecule has 1 amide bonds. The van der Waals surface area contributed by atoms with Crippen LogP contribution < -0.4 is 10.5 Å². The zero-order valence-electron chi connectivity index (χ0n) is 20.8. The number of hydrogen-bond donors (Lipinski definition) is 1. The van der Waals surface area contributed by atoms with Crippen molar-refractivity contribution in [3.05, 3.63) is 67.1 Å². The summed E-state index contributed by atoms with van der Waals surface area (Å²) in [6.07, 6.45) is 5.10. The molecule has 0 aliphatic carbocycles. The Balaban J connectivity index is 1.43. The number of anilines is 1. The number of carbonyl (C=O) groups is 1. The Hall–Kier alpha value is -4.07. The molecular formula is C28H31N5O3. The summed E-state index contributed by atoms with van der Waals surface area (Å²) in [5, 5.41) is 0.802. The lowest BCUT2D eigenvalue weighted by atomic mass is 10.1. The highest BCUT2D eigenvalue weighted by Crippen LogP contribution is 2.35. The first-order valence-corrected chi connectivity index (χ1v) is 12.2. The summed E-state index contributed by atoms with van der Waals surface area (Å²) in [6.45, 7) is 6.94. The molecule has 1 unspecified atom stereocenters. The highest BCUT2D eigenvalue weighted by Gasteiger charge is 2.33. The number of aromatic nitrogens is 3. The van der Waals surface area contributed by atoms with Gasteiger partial charge in [-0.25, -0.2) is 14.8 Å². The van der Waals surface area contributed by atoms with Crippen molar-refractivity contribution in [2.45, 2.75) is 51.8 Å². The molecule has 2 aromatic carbocycles. The van der Waals surface area contributed by atoms with Crippen LogP contribution in [0.25, 0.3) is 22.2 Å². The summed E-state index contributed by atoms with van der Waals surface area (Å²) in [5.41, 5.74) is 8.46. The first-order chi connectivity index (χ1) is 17.3. The molecule has 0 spiro atoms. The molecule has 1 fully saturated rings. The number of amides is 1. The van der Waals surface area contributed by atoms with E-state index in [-0.39, 0.29) is 12.1 Å². The topological polar surface area (TPSA) is 95.5 Å². The van der Waals surface area contributed by atoms with E-state index in [2.05, 4.69) is 14.5 Å². The van der Waals surface area contributed by atoms with Gasteiger partial charge in [0.2, 0.25) is 0 Å². The Morgan fingerprint density at radius 3 is 2.50 bits per heavy atom. The molecular weight excluding hydrogens is 454 g/mol. The molecule has 1 aliphatic heterocycles. The van der Waals surface area contributed by atoms with E-state index in [9.17, 15) is 4.79 Å². The lowest BCUT2D eigenvalue weighted by Gasteiger charge is -2.28. The van der Waals surface area contributed by atoms with Crippen LogP contribution in [0.4, 0.5) is 10.6 Å². The lowest BCUT2D eigenvalue weighted by Crippen LogP contribution is -2.41. The van der Waals surface area contributed by atoms with E-state index in [1.54, 1.807) is 0 Å². The first-order valence-electron chi connectivity index (χ1n) is 12.2. The second-order valence-electron chi connectivity index (χ2n) is 10.1. The van der Waals surface area contributed by atoms with Gasteiger partial charge in [-0.2, -0.15) is 0 Å². The van der Waals surface area contributed by atoms with Crippen LogP contribution in [0.3, 0.4) is 0 Å². The minimum Gasteiger partial charge on any atom is -0.457 e. The van der Waals surface area contributed by atoms with Crippen LogP contribution in [0.5, 0.6) is 11.5 Å². The van der Waals surface area contributed by atoms with Crippen molar-refractivity contribution in [3.8, 4) is 22.6 Å². The number of fused-ring (bicyclic) bond motifs is 1. The predicted octanol–water partition coefficient (Wildman–Crippen LogP) is 5.87. The van der Waals surface area contributed by atoms with Crippen molar-refractivity contribution in [2.24, 2.45) is 0 Å². The monoisotopic (exact) mass is 485 g/mol. The van der Waals surface area contributed by atoms with E-state index in [0.717, 1.165) is 46.5 Å². The molecule has 0 saturated carbocycles. The normalized spacial score (nSPS) is 15.9. The predicted molar refractivity (Wildman–Crippen MR) is 140 cm³/mol. The molecule has 3 heterocycles. The minimum atomic E-state index is -0.532. The number of para-hydroxylation sites is 1. The molecule has 2 N–H and O–H groups in total. The fourth-order valence-electron chi connectivity index (χ4n) is 4.65. The van der Waals surface area contributed by atoms with E-state index in [4.69, 9.17) is 15.2 Å². The fraction of sp³-hybridized carbons (Fsp3) is 0.321. The van der Waals surface area contributed by atoms with Gasteiger partial charge in [0, 0.05) is 24.8 Å². The van der Waals surface area contributed by atoms with Crippen LogP contribution in [0.2, 0.25) is 0 Å². The van der Waals surface area contributed by atoms with Crippen molar-refractivity contribution >= 4 is 22.9 Å². The van der Waals surface area contributed by atoms with Gasteiger partial charge >= 0.3 is 6.09 Å². The molecule has 0 bridgehead atoms. The Morgan fingerprint density at radius 2 is 1.78 bits per heavy atom. The lowest BCUT2D eigenvalue weighted by molar-refractivity contribution is 0.0215. The van der Waals surface area contributed by atoms with Crippen molar-refractivity contribution in [1.29, 1.82) is 0 Å². The van der Waals surface area contributed by atoms with Crippen LogP contribution in [-0.2, 0) is 11.3 Å². The van der Waals surface area contributed by atoms with Crippen LogP contribution in [0, 0.1) is 0 Å². The van der Waals surface area contributed by atoms with Gasteiger partial charge in [0.25, 0.3) is 0 Å². The third-order valence-corrected chi connectivity index (χ3v) is 6.24. The quantitative estimate of drug-likeness (QED) is 0.380. The third-order valence-electron chi connectivity index (χ3n) is 6.24. The van der Waals surface area contributed by atoms with E-state index >= 15 is 0 Å². The summed E-state index contributed by atoms with van der Waals surface area (Å²) in [4.78, 5) is 23.4. The molecule has 36 heavy (non-hydrogen) atoms. The number of nitrogen functional groups attached to an aromatic ring is 1. The Morgan fingerprint density at radius 1 is 1.06 bits per heavy atom. The van der Waals surface area contributed by atoms with E-state index in [0.29, 0.717) is 18.9 Å². The number of ether oxygens (including phenoxy) is 2. The van der Waals surface area contributed by atoms with Crippen molar-refractivity contribution in [1.82, 2.24) is 19.4 Å². The molecule has 1 saturated heterocycles. The average Bonchev–Trinajstić information content (AvgIpc) is 3.45. The van der Waals surface area contributed by atoms with Gasteiger partial charge in [-0.15, -0.1) is 0 Å². The van der Waals surface area contributed by atoms with Gasteiger partial charge in [-0.1, -0.05) is 30.3 Å². The van der Waals surface area contributed by atoms with E-state index < -0.39 is 5.60 Å². The Kier molecular flexibility index (Phi) is 6.26. The SMILES string of the molecule is CC(C)(C)OC(=O)N1CCCC1Cn1cc(-c2ccc(Oc3ccccc3)cc2)c2c(N)ncnc21. The molecule has 1 aliphatic rings. The summed E-state index contributed by atoms with van der Waals surface area (Å²) < 4.78 is 13.7. The van der Waals surface area contributed by atoms with Crippen molar-refractivity contribution < 1.29 is 14.3 Å². The zero-order chi connectivity index (χ0) is 25.3. The van der Waals surface area contributed by atoms with Crippen LogP contribution in [0.15, 0.2) is 67.1 Å². The molecule has 4 aromatic rings. The Bertz CT molecular complexity index is 1360. The standard InChI is InChI=1S/C28H31N5O3/c1-28(2,3)36-27(34)33-15-7-8-20(33)16-32-17-23(24-25(29)30-18-31-26(24)32)19-11-13-22(14-12-19)35-21-9-5-4-6-10-21/h4-6,9-14,17-18,20H,7-8,15-16H2,1-3H3,(H2,29,30,31). The van der Waals surface area contributed by atoms with Crippen LogP contribution in [0.1, 0.15) is 33.6 Å². The molecule has 2 aromatic heterocycles. The summed E-state index contributed by atoms with van der Waals surface area (Å²) in [7, 11) is 0. The van der Waals surface area contributed by atoms with Gasteiger partial charge in [0.1, 0.15) is 34.9 Å². The van der Waals surface area contributed by atoms with Gasteiger partial charge in [0.15, 0.2) is 0 Å². The number of nitrogens with two attached hydrogens (primary N) is 1. The summed E-state index contributed by atoms with van der Waals surface area (Å²) >= 11 is 0. The highest BCUT2D eigenvalue weighted by atomic mass is 16.6. The molecule has 0 radical (unpaired) electrons. The van der Waals surface area contributed by atoms with Crippen LogP contribution in [-0.4, -0.2) is 43.7 Å². The maximum atomic E-state index is 12.8. The zero-order valence-corrected chi connectivity index (χ0v) is 20.8. The molecule has 8 nitrogen and oxygen atoms in total. The largest absolute Gasteiger partial charge is 0.457 e. The van der Waals surface area contributed by atoms with Gasteiger partial charge in [-0.3, -0.25) is 0 Å².